The number of carbonyl (C=O) groups is 1. The van der Waals surface area contributed by atoms with E-state index in [9.17, 15) is 4.79 Å². The molecule has 1 aliphatic heterocycles. The quantitative estimate of drug-likeness (QED) is 0.714. The van der Waals surface area contributed by atoms with E-state index in [2.05, 4.69) is 9.88 Å². The number of carbonyl (C=O) groups excluding carboxylic acids is 1. The summed E-state index contributed by atoms with van der Waals surface area (Å²) in [5.41, 5.74) is 0. The highest BCUT2D eigenvalue weighted by Gasteiger charge is 2.13. The molecule has 1 fully saturated rings. The van der Waals surface area contributed by atoms with Crippen LogP contribution in [0.25, 0.3) is 0 Å². The summed E-state index contributed by atoms with van der Waals surface area (Å²) in [5.74, 6) is 0. The van der Waals surface area contributed by atoms with Gasteiger partial charge in [-0.15, -0.1) is 11.3 Å². The van der Waals surface area contributed by atoms with E-state index in [1.807, 2.05) is 6.20 Å². The van der Waals surface area contributed by atoms with Crippen LogP contribution in [0.3, 0.4) is 0 Å². The van der Waals surface area contributed by atoms with Crippen molar-refractivity contribution in [3.63, 3.8) is 0 Å². The highest BCUT2D eigenvalue weighted by atomic mass is 32.1. The van der Waals surface area contributed by atoms with Crippen LogP contribution in [0, 0.1) is 0 Å². The van der Waals surface area contributed by atoms with Crippen molar-refractivity contribution in [2.45, 2.75) is 25.7 Å². The Morgan fingerprint density at radius 1 is 1.43 bits per heavy atom. The Bertz CT molecular complexity index is 305. The lowest BCUT2D eigenvalue weighted by molar-refractivity contribution is -0.107. The fourth-order valence-corrected chi connectivity index (χ4v) is 2.61. The predicted molar refractivity (Wildman–Crippen MR) is 57.9 cm³/mol. The van der Waals surface area contributed by atoms with Crippen LogP contribution in [0.1, 0.15) is 24.1 Å². The van der Waals surface area contributed by atoms with Gasteiger partial charge >= 0.3 is 0 Å². The molecule has 1 saturated heterocycles. The van der Waals surface area contributed by atoms with Gasteiger partial charge in [-0.1, -0.05) is 0 Å². The zero-order valence-electron chi connectivity index (χ0n) is 8.11. The van der Waals surface area contributed by atoms with Gasteiger partial charge in [0.15, 0.2) is 5.13 Å². The van der Waals surface area contributed by atoms with E-state index >= 15 is 0 Å². The number of rotatable bonds is 3. The molecule has 1 aromatic rings. The van der Waals surface area contributed by atoms with Crippen molar-refractivity contribution in [1.82, 2.24) is 4.98 Å². The van der Waals surface area contributed by atoms with Crippen LogP contribution in [0.2, 0.25) is 0 Å². The van der Waals surface area contributed by atoms with E-state index in [1.165, 1.54) is 19.3 Å². The molecule has 0 aliphatic carbocycles. The standard InChI is InChI=1S/C10H14N2OS/c13-7-4-9-8-11-10(14-9)12-5-2-1-3-6-12/h7-8H,1-6H2. The van der Waals surface area contributed by atoms with Gasteiger partial charge < -0.3 is 9.69 Å². The number of piperidine rings is 1. The molecule has 2 heterocycles. The van der Waals surface area contributed by atoms with E-state index in [0.717, 1.165) is 29.4 Å². The topological polar surface area (TPSA) is 33.2 Å². The van der Waals surface area contributed by atoms with E-state index in [1.54, 1.807) is 11.3 Å². The molecule has 0 amide bonds. The summed E-state index contributed by atoms with van der Waals surface area (Å²) in [6.45, 7) is 2.24. The molecule has 0 radical (unpaired) electrons. The summed E-state index contributed by atoms with van der Waals surface area (Å²) >= 11 is 1.65. The number of thiazole rings is 1. The van der Waals surface area contributed by atoms with Crippen LogP contribution >= 0.6 is 11.3 Å². The first-order valence-electron chi connectivity index (χ1n) is 5.03. The van der Waals surface area contributed by atoms with Gasteiger partial charge in [0, 0.05) is 30.6 Å². The average Bonchev–Trinajstić information content (AvgIpc) is 2.68. The van der Waals surface area contributed by atoms with Crippen LogP contribution in [0.4, 0.5) is 5.13 Å². The minimum Gasteiger partial charge on any atom is -0.348 e. The average molecular weight is 210 g/mol. The third-order valence-corrected chi connectivity index (χ3v) is 3.53. The third kappa shape index (κ3) is 2.12. The van der Waals surface area contributed by atoms with Crippen LogP contribution in [-0.2, 0) is 11.2 Å². The van der Waals surface area contributed by atoms with Crippen molar-refractivity contribution >= 4 is 22.8 Å². The molecule has 0 bridgehead atoms. The fraction of sp³-hybridized carbons (Fsp3) is 0.600. The second-order valence-electron chi connectivity index (χ2n) is 3.53. The number of hydrogen-bond acceptors (Lipinski definition) is 4. The number of aldehydes is 1. The minimum atomic E-state index is 0.505. The van der Waals surface area contributed by atoms with Gasteiger partial charge in [-0.05, 0) is 19.3 Å². The predicted octanol–water partition coefficient (Wildman–Crippen LogP) is 1.87. The van der Waals surface area contributed by atoms with Crippen molar-refractivity contribution in [3.8, 4) is 0 Å². The summed E-state index contributed by atoms with van der Waals surface area (Å²) in [6, 6.07) is 0. The molecule has 2 rings (SSSR count). The van der Waals surface area contributed by atoms with Gasteiger partial charge in [-0.25, -0.2) is 4.98 Å². The van der Waals surface area contributed by atoms with Crippen molar-refractivity contribution in [2.75, 3.05) is 18.0 Å². The molecule has 1 aromatic heterocycles. The lowest BCUT2D eigenvalue weighted by Crippen LogP contribution is -2.29. The zero-order chi connectivity index (χ0) is 9.80. The Morgan fingerprint density at radius 3 is 2.93 bits per heavy atom. The molecule has 0 atom stereocenters. The highest BCUT2D eigenvalue weighted by Crippen LogP contribution is 2.25. The smallest absolute Gasteiger partial charge is 0.185 e. The second-order valence-corrected chi connectivity index (χ2v) is 4.62. The number of nitrogens with zero attached hydrogens (tertiary/aromatic N) is 2. The Labute approximate surface area is 87.8 Å². The van der Waals surface area contributed by atoms with Crippen LogP contribution in [0.5, 0.6) is 0 Å². The third-order valence-electron chi connectivity index (χ3n) is 2.45. The lowest BCUT2D eigenvalue weighted by atomic mass is 10.1. The molecule has 0 N–H and O–H groups in total. The molecular formula is C10H14N2OS. The SMILES string of the molecule is O=CCc1cnc(N2CCCCC2)s1. The molecule has 76 valence electrons. The monoisotopic (exact) mass is 210 g/mol. The van der Waals surface area contributed by atoms with Crippen LogP contribution < -0.4 is 4.90 Å². The fourth-order valence-electron chi connectivity index (χ4n) is 1.71. The highest BCUT2D eigenvalue weighted by molar-refractivity contribution is 7.15. The maximum atomic E-state index is 10.3. The Morgan fingerprint density at radius 2 is 2.21 bits per heavy atom. The molecular weight excluding hydrogens is 196 g/mol. The summed E-state index contributed by atoms with van der Waals surface area (Å²) in [6.07, 6.45) is 7.14. The molecule has 0 unspecified atom stereocenters. The van der Waals surface area contributed by atoms with Crippen molar-refractivity contribution < 1.29 is 4.79 Å². The molecule has 0 spiro atoms. The summed E-state index contributed by atoms with van der Waals surface area (Å²) < 4.78 is 0. The van der Waals surface area contributed by atoms with Gasteiger partial charge in [-0.3, -0.25) is 0 Å². The summed E-state index contributed by atoms with van der Waals surface area (Å²) in [5, 5.41) is 1.08. The Kier molecular flexibility index (Phi) is 3.14. The second kappa shape index (κ2) is 4.55. The first-order valence-corrected chi connectivity index (χ1v) is 5.85. The van der Waals surface area contributed by atoms with E-state index in [-0.39, 0.29) is 0 Å². The lowest BCUT2D eigenvalue weighted by Gasteiger charge is -2.25. The summed E-state index contributed by atoms with van der Waals surface area (Å²) in [7, 11) is 0. The van der Waals surface area contributed by atoms with Crippen molar-refractivity contribution in [2.24, 2.45) is 0 Å². The first kappa shape index (κ1) is 9.65. The normalized spacial score (nSPS) is 17.0. The van der Waals surface area contributed by atoms with Gasteiger partial charge in [-0.2, -0.15) is 0 Å². The molecule has 0 aromatic carbocycles. The maximum absolute atomic E-state index is 10.3. The Hall–Kier alpha value is -0.900. The number of aromatic nitrogens is 1. The molecule has 14 heavy (non-hydrogen) atoms. The van der Waals surface area contributed by atoms with E-state index in [0.29, 0.717) is 6.42 Å². The van der Waals surface area contributed by atoms with Crippen LogP contribution in [-0.4, -0.2) is 24.4 Å². The van der Waals surface area contributed by atoms with Crippen molar-refractivity contribution in [1.29, 1.82) is 0 Å². The van der Waals surface area contributed by atoms with E-state index < -0.39 is 0 Å². The maximum Gasteiger partial charge on any atom is 0.185 e. The Balaban J connectivity index is 2.03. The first-order chi connectivity index (χ1) is 6.90. The van der Waals surface area contributed by atoms with Gasteiger partial charge in [0.05, 0.1) is 0 Å². The van der Waals surface area contributed by atoms with Gasteiger partial charge in [0.2, 0.25) is 0 Å². The number of anilines is 1. The zero-order valence-corrected chi connectivity index (χ0v) is 8.92. The van der Waals surface area contributed by atoms with Crippen molar-refractivity contribution in [3.05, 3.63) is 11.1 Å². The van der Waals surface area contributed by atoms with Gasteiger partial charge in [0.1, 0.15) is 6.29 Å². The number of hydrogen-bond donors (Lipinski definition) is 0. The molecule has 3 nitrogen and oxygen atoms in total. The summed E-state index contributed by atoms with van der Waals surface area (Å²) in [4.78, 5) is 18.1. The minimum absolute atomic E-state index is 0.505. The van der Waals surface area contributed by atoms with Crippen LogP contribution in [0.15, 0.2) is 6.20 Å². The molecule has 4 heteroatoms. The largest absolute Gasteiger partial charge is 0.348 e. The molecule has 0 saturated carbocycles. The van der Waals surface area contributed by atoms with Gasteiger partial charge in [0.25, 0.3) is 0 Å². The van der Waals surface area contributed by atoms with E-state index in [4.69, 9.17) is 0 Å². The molecule has 1 aliphatic rings.